The second-order valence-electron chi connectivity index (χ2n) is 6.70. The van der Waals surface area contributed by atoms with Gasteiger partial charge in [-0.15, -0.1) is 0 Å². The van der Waals surface area contributed by atoms with Gasteiger partial charge in [-0.25, -0.2) is 0 Å². The number of methoxy groups -OCH3 is 1. The average molecular weight is 335 g/mol. The number of hydrogen-bond acceptors (Lipinski definition) is 3. The summed E-state index contributed by atoms with van der Waals surface area (Å²) in [6.07, 6.45) is 4.58. The molecule has 0 N–H and O–H groups in total. The molecule has 130 valence electrons. The molecule has 2 aromatic carbocycles. The summed E-state index contributed by atoms with van der Waals surface area (Å²) in [5.74, 6) is 0.903. The summed E-state index contributed by atoms with van der Waals surface area (Å²) in [7, 11) is 1.71. The van der Waals surface area contributed by atoms with Crippen molar-refractivity contribution in [2.45, 2.75) is 12.8 Å². The van der Waals surface area contributed by atoms with Gasteiger partial charge in [0, 0.05) is 19.6 Å². The van der Waals surface area contributed by atoms with Crippen molar-refractivity contribution in [3.63, 3.8) is 0 Å². The van der Waals surface area contributed by atoms with Crippen molar-refractivity contribution in [2.24, 2.45) is 0 Å². The Morgan fingerprint density at radius 3 is 2.52 bits per heavy atom. The van der Waals surface area contributed by atoms with Crippen LogP contribution in [0.4, 0.5) is 0 Å². The number of ether oxygens (including phenoxy) is 2. The lowest BCUT2D eigenvalue weighted by atomic mass is 9.94. The highest BCUT2D eigenvalue weighted by Gasteiger charge is 2.19. The summed E-state index contributed by atoms with van der Waals surface area (Å²) in [6, 6.07) is 15.1. The predicted octanol–water partition coefficient (Wildman–Crippen LogP) is 4.02. The minimum atomic E-state index is 0.872. The van der Waals surface area contributed by atoms with Crippen LogP contribution < -0.4 is 4.74 Å². The minimum absolute atomic E-state index is 0.872. The molecular formula is C22H25NO2. The Labute approximate surface area is 149 Å². The molecule has 3 heteroatoms. The fourth-order valence-corrected chi connectivity index (χ4v) is 3.82. The number of morpholine rings is 1. The SMILES string of the molecule is COc1ccc(-c2cccc3c2CC=C3CCN2CCOCC2)cc1. The topological polar surface area (TPSA) is 21.7 Å². The highest BCUT2D eigenvalue weighted by molar-refractivity contribution is 5.81. The van der Waals surface area contributed by atoms with Gasteiger partial charge in [-0.1, -0.05) is 36.4 Å². The number of hydrogen-bond donors (Lipinski definition) is 0. The van der Waals surface area contributed by atoms with E-state index in [1.54, 1.807) is 7.11 Å². The van der Waals surface area contributed by atoms with Crippen molar-refractivity contribution in [1.29, 1.82) is 0 Å². The zero-order valence-corrected chi connectivity index (χ0v) is 14.8. The largest absolute Gasteiger partial charge is 0.497 e. The summed E-state index contributed by atoms with van der Waals surface area (Å²) in [5.41, 5.74) is 7.00. The van der Waals surface area contributed by atoms with Gasteiger partial charge in [0.25, 0.3) is 0 Å². The Morgan fingerprint density at radius 1 is 1.00 bits per heavy atom. The quantitative estimate of drug-likeness (QED) is 0.824. The van der Waals surface area contributed by atoms with Crippen molar-refractivity contribution < 1.29 is 9.47 Å². The van der Waals surface area contributed by atoms with E-state index in [0.29, 0.717) is 0 Å². The fraction of sp³-hybridized carbons (Fsp3) is 0.364. The van der Waals surface area contributed by atoms with Gasteiger partial charge in [0.05, 0.1) is 20.3 Å². The van der Waals surface area contributed by atoms with E-state index in [-0.39, 0.29) is 0 Å². The highest BCUT2D eigenvalue weighted by Crippen LogP contribution is 2.37. The van der Waals surface area contributed by atoms with Crippen LogP contribution in [-0.4, -0.2) is 44.9 Å². The Hall–Kier alpha value is -2.10. The van der Waals surface area contributed by atoms with Crippen LogP contribution in [0.2, 0.25) is 0 Å². The molecule has 0 radical (unpaired) electrons. The van der Waals surface area contributed by atoms with Crippen LogP contribution in [0.1, 0.15) is 17.5 Å². The molecule has 0 atom stereocenters. The zero-order chi connectivity index (χ0) is 17.1. The van der Waals surface area contributed by atoms with Crippen molar-refractivity contribution in [1.82, 2.24) is 4.90 Å². The van der Waals surface area contributed by atoms with Gasteiger partial charge in [0.1, 0.15) is 5.75 Å². The normalized spacial score (nSPS) is 17.2. The summed E-state index contributed by atoms with van der Waals surface area (Å²) in [6.45, 7) is 4.99. The standard InChI is InChI=1S/C22H25NO2/c1-24-19-8-5-17(6-9-19)20-3-2-4-21-18(7-10-22(20)21)11-12-23-13-15-25-16-14-23/h2-9H,10-16H2,1H3. The summed E-state index contributed by atoms with van der Waals surface area (Å²) in [5, 5.41) is 0. The zero-order valence-electron chi connectivity index (χ0n) is 14.8. The van der Waals surface area contributed by atoms with E-state index in [1.807, 2.05) is 12.1 Å². The van der Waals surface area contributed by atoms with E-state index in [2.05, 4.69) is 41.3 Å². The van der Waals surface area contributed by atoms with E-state index in [9.17, 15) is 0 Å². The average Bonchev–Trinajstić information content (AvgIpc) is 3.10. The molecule has 0 bridgehead atoms. The molecule has 2 aliphatic rings. The summed E-state index contributed by atoms with van der Waals surface area (Å²) >= 11 is 0. The van der Waals surface area contributed by atoms with E-state index >= 15 is 0 Å². The van der Waals surface area contributed by atoms with Gasteiger partial charge in [-0.2, -0.15) is 0 Å². The molecule has 4 rings (SSSR count). The molecule has 0 unspecified atom stereocenters. The van der Waals surface area contributed by atoms with Crippen LogP contribution >= 0.6 is 0 Å². The number of rotatable bonds is 5. The fourth-order valence-electron chi connectivity index (χ4n) is 3.82. The van der Waals surface area contributed by atoms with Gasteiger partial charge >= 0.3 is 0 Å². The summed E-state index contributed by atoms with van der Waals surface area (Å²) in [4.78, 5) is 2.51. The molecule has 0 saturated carbocycles. The summed E-state index contributed by atoms with van der Waals surface area (Å²) < 4.78 is 10.7. The number of nitrogens with zero attached hydrogens (tertiary/aromatic N) is 1. The van der Waals surface area contributed by atoms with Gasteiger partial charge in [0.15, 0.2) is 0 Å². The molecule has 0 spiro atoms. The number of allylic oxidation sites excluding steroid dienone is 1. The maximum atomic E-state index is 5.44. The van der Waals surface area contributed by atoms with Crippen LogP contribution in [0, 0.1) is 0 Å². The van der Waals surface area contributed by atoms with E-state index in [0.717, 1.165) is 51.4 Å². The van der Waals surface area contributed by atoms with E-state index in [1.165, 1.54) is 27.8 Å². The maximum absolute atomic E-state index is 5.44. The van der Waals surface area contributed by atoms with Gasteiger partial charge in [-0.05, 0) is 52.8 Å². The molecule has 1 aliphatic heterocycles. The molecule has 3 nitrogen and oxygen atoms in total. The predicted molar refractivity (Wildman–Crippen MR) is 102 cm³/mol. The lowest BCUT2D eigenvalue weighted by Crippen LogP contribution is -2.36. The second kappa shape index (κ2) is 7.42. The minimum Gasteiger partial charge on any atom is -0.497 e. The van der Waals surface area contributed by atoms with E-state index in [4.69, 9.17) is 9.47 Å². The third-order valence-corrected chi connectivity index (χ3v) is 5.28. The third-order valence-electron chi connectivity index (χ3n) is 5.28. The molecule has 1 fully saturated rings. The first-order valence-electron chi connectivity index (χ1n) is 9.11. The highest BCUT2D eigenvalue weighted by atomic mass is 16.5. The Morgan fingerprint density at radius 2 is 1.76 bits per heavy atom. The monoisotopic (exact) mass is 335 g/mol. The van der Waals surface area contributed by atoms with Gasteiger partial charge in [-0.3, -0.25) is 4.90 Å². The molecule has 2 aromatic rings. The van der Waals surface area contributed by atoms with Crippen LogP contribution in [0.25, 0.3) is 16.7 Å². The van der Waals surface area contributed by atoms with Crippen LogP contribution in [0.3, 0.4) is 0 Å². The first-order chi connectivity index (χ1) is 12.3. The van der Waals surface area contributed by atoms with E-state index < -0.39 is 0 Å². The van der Waals surface area contributed by atoms with Crippen LogP contribution in [0.5, 0.6) is 5.75 Å². The van der Waals surface area contributed by atoms with Crippen LogP contribution in [-0.2, 0) is 11.2 Å². The second-order valence-corrected chi connectivity index (χ2v) is 6.70. The molecule has 0 amide bonds. The molecule has 1 heterocycles. The van der Waals surface area contributed by atoms with Crippen molar-refractivity contribution >= 4 is 5.57 Å². The molecular weight excluding hydrogens is 310 g/mol. The third kappa shape index (κ3) is 3.48. The Bertz CT molecular complexity index is 758. The van der Waals surface area contributed by atoms with Crippen LogP contribution in [0.15, 0.2) is 48.5 Å². The molecule has 0 aromatic heterocycles. The van der Waals surface area contributed by atoms with Crippen molar-refractivity contribution in [2.75, 3.05) is 40.0 Å². The Kier molecular flexibility index (Phi) is 4.86. The number of fused-ring (bicyclic) bond motifs is 1. The Balaban J connectivity index is 1.51. The maximum Gasteiger partial charge on any atom is 0.118 e. The lowest BCUT2D eigenvalue weighted by Gasteiger charge is -2.26. The first kappa shape index (κ1) is 16.4. The van der Waals surface area contributed by atoms with Crippen molar-refractivity contribution in [3.05, 3.63) is 59.7 Å². The smallest absolute Gasteiger partial charge is 0.118 e. The van der Waals surface area contributed by atoms with Gasteiger partial charge in [0.2, 0.25) is 0 Å². The number of benzene rings is 2. The molecule has 1 saturated heterocycles. The molecule has 25 heavy (non-hydrogen) atoms. The first-order valence-corrected chi connectivity index (χ1v) is 9.11. The van der Waals surface area contributed by atoms with Crippen molar-refractivity contribution in [3.8, 4) is 16.9 Å². The molecule has 1 aliphatic carbocycles. The lowest BCUT2D eigenvalue weighted by molar-refractivity contribution is 0.0390. The van der Waals surface area contributed by atoms with Gasteiger partial charge < -0.3 is 9.47 Å².